The van der Waals surface area contributed by atoms with Crippen LogP contribution < -0.4 is 29.1 Å². The lowest BCUT2D eigenvalue weighted by molar-refractivity contribution is -0.139. The number of hydrogen-bond donors (Lipinski definition) is 0. The number of benzene rings is 3. The van der Waals surface area contributed by atoms with Crippen LogP contribution in [0, 0.1) is 0 Å². The number of ether oxygens (including phenoxy) is 4. The van der Waals surface area contributed by atoms with Crippen LogP contribution in [-0.2, 0) is 16.1 Å². The summed E-state index contributed by atoms with van der Waals surface area (Å²) in [6, 6.07) is 19.5. The van der Waals surface area contributed by atoms with Crippen molar-refractivity contribution in [1.82, 2.24) is 4.57 Å². The molecule has 1 aliphatic heterocycles. The van der Waals surface area contributed by atoms with E-state index in [1.54, 1.807) is 39.2 Å². The van der Waals surface area contributed by atoms with Crippen LogP contribution in [0.15, 0.2) is 87.8 Å². The van der Waals surface area contributed by atoms with Gasteiger partial charge in [0.25, 0.3) is 5.56 Å². The topological polar surface area (TPSA) is 88.4 Å². The summed E-state index contributed by atoms with van der Waals surface area (Å²) in [6.45, 7) is 4.06. The molecule has 1 atom stereocenters. The first-order chi connectivity index (χ1) is 20.3. The third kappa shape index (κ3) is 5.98. The monoisotopic (exact) mass is 604 g/mol. The first-order valence-corrected chi connectivity index (χ1v) is 14.4. The van der Waals surface area contributed by atoms with E-state index in [2.05, 4.69) is 4.99 Å². The van der Waals surface area contributed by atoms with E-state index >= 15 is 0 Å². The molecule has 5 rings (SSSR count). The number of hydrogen-bond acceptors (Lipinski definition) is 8. The van der Waals surface area contributed by atoms with Crippen LogP contribution in [0.4, 0.5) is 0 Å². The first kappa shape index (κ1) is 29.2. The van der Waals surface area contributed by atoms with Crippen molar-refractivity contribution in [2.45, 2.75) is 26.5 Å². The number of fused-ring (bicyclic) bond motifs is 1. The van der Waals surface area contributed by atoms with E-state index in [1.165, 1.54) is 23.0 Å². The fourth-order valence-electron chi connectivity index (χ4n) is 4.72. The number of carbonyl (C=O) groups is 1. The van der Waals surface area contributed by atoms with Crippen LogP contribution in [-0.4, -0.2) is 31.4 Å². The molecular formula is C32H29ClN2O6S. The summed E-state index contributed by atoms with van der Waals surface area (Å²) in [6.07, 6.45) is 1.80. The minimum absolute atomic E-state index is 0.190. The average molecular weight is 605 g/mol. The van der Waals surface area contributed by atoms with E-state index in [1.807, 2.05) is 54.6 Å². The molecule has 10 heteroatoms. The van der Waals surface area contributed by atoms with E-state index in [0.717, 1.165) is 11.1 Å². The summed E-state index contributed by atoms with van der Waals surface area (Å²) in [5.74, 6) is 1.14. The molecule has 216 valence electrons. The molecule has 0 aliphatic carbocycles. The minimum Gasteiger partial charge on any atom is -0.493 e. The normalized spacial score (nSPS) is 14.7. The zero-order valence-electron chi connectivity index (χ0n) is 23.5. The van der Waals surface area contributed by atoms with Gasteiger partial charge in [-0.3, -0.25) is 9.36 Å². The summed E-state index contributed by atoms with van der Waals surface area (Å²) < 4.78 is 24.3. The van der Waals surface area contributed by atoms with Crippen LogP contribution in [0.1, 0.15) is 36.6 Å². The van der Waals surface area contributed by atoms with Crippen LogP contribution in [0.25, 0.3) is 6.08 Å². The van der Waals surface area contributed by atoms with Gasteiger partial charge in [-0.15, -0.1) is 0 Å². The molecule has 8 nitrogen and oxygen atoms in total. The third-order valence-electron chi connectivity index (χ3n) is 6.71. The molecule has 0 fully saturated rings. The van der Waals surface area contributed by atoms with E-state index in [9.17, 15) is 9.59 Å². The Labute approximate surface area is 251 Å². The molecule has 4 aromatic rings. The van der Waals surface area contributed by atoms with Crippen LogP contribution in [0.3, 0.4) is 0 Å². The van der Waals surface area contributed by atoms with Crippen LogP contribution in [0.2, 0.25) is 5.02 Å². The molecule has 0 saturated heterocycles. The number of aromatic nitrogens is 1. The maximum atomic E-state index is 13.9. The van der Waals surface area contributed by atoms with E-state index < -0.39 is 12.0 Å². The molecule has 1 aliphatic rings. The number of thiazole rings is 1. The molecule has 42 heavy (non-hydrogen) atoms. The smallest absolute Gasteiger partial charge is 0.338 e. The Hall–Kier alpha value is -4.34. The standard InChI is InChI=1S/C32H29ClN2O6S/c1-5-40-31(37)28-19(2)34-32-35(29(28)22-11-14-25(38-3)26(17-22)39-4)30(36)27(42-32)16-21-7-6-8-24(15-21)41-18-20-9-12-23(33)13-10-20/h6-17,29H,5,18H2,1-4H3. The lowest BCUT2D eigenvalue weighted by Crippen LogP contribution is -2.39. The van der Waals surface area contributed by atoms with Crippen LogP contribution >= 0.6 is 22.9 Å². The van der Waals surface area contributed by atoms with Gasteiger partial charge >= 0.3 is 5.97 Å². The molecule has 1 unspecified atom stereocenters. The van der Waals surface area contributed by atoms with Gasteiger partial charge in [-0.05, 0) is 73.0 Å². The Morgan fingerprint density at radius 1 is 1.05 bits per heavy atom. The number of carbonyl (C=O) groups excluding carboxylic acids is 1. The lowest BCUT2D eigenvalue weighted by Gasteiger charge is -2.25. The van der Waals surface area contributed by atoms with Crippen molar-refractivity contribution in [3.63, 3.8) is 0 Å². The molecule has 2 heterocycles. The van der Waals surface area contributed by atoms with Gasteiger partial charge in [-0.1, -0.05) is 53.3 Å². The van der Waals surface area contributed by atoms with Gasteiger partial charge < -0.3 is 18.9 Å². The van der Waals surface area contributed by atoms with Crippen molar-refractivity contribution in [3.05, 3.63) is 119 Å². The Morgan fingerprint density at radius 2 is 1.81 bits per heavy atom. The maximum Gasteiger partial charge on any atom is 0.338 e. The van der Waals surface area contributed by atoms with Gasteiger partial charge in [0.1, 0.15) is 12.4 Å². The highest BCUT2D eigenvalue weighted by Gasteiger charge is 2.34. The molecule has 3 aromatic carbocycles. The SMILES string of the molecule is CCOC(=O)C1=C(C)N=c2sc(=Cc3cccc(OCc4ccc(Cl)cc4)c3)c(=O)n2C1c1ccc(OC)c(OC)c1. The Morgan fingerprint density at radius 3 is 2.52 bits per heavy atom. The third-order valence-corrected chi connectivity index (χ3v) is 7.95. The molecule has 0 bridgehead atoms. The second kappa shape index (κ2) is 12.7. The molecule has 0 radical (unpaired) electrons. The number of halogens is 1. The summed E-state index contributed by atoms with van der Waals surface area (Å²) in [5, 5.41) is 0.667. The Bertz CT molecular complexity index is 1840. The Balaban J connectivity index is 1.56. The van der Waals surface area contributed by atoms with Crippen molar-refractivity contribution in [3.8, 4) is 17.2 Å². The quantitative estimate of drug-likeness (QED) is 0.249. The van der Waals surface area contributed by atoms with Gasteiger partial charge in [-0.25, -0.2) is 9.79 Å². The van der Waals surface area contributed by atoms with Gasteiger partial charge in [0.15, 0.2) is 16.3 Å². The number of esters is 1. The highest BCUT2D eigenvalue weighted by atomic mass is 35.5. The maximum absolute atomic E-state index is 13.9. The second-order valence-corrected chi connectivity index (χ2v) is 10.8. The highest BCUT2D eigenvalue weighted by Crippen LogP contribution is 2.36. The molecule has 0 N–H and O–H groups in total. The fraction of sp³-hybridized carbons (Fsp3) is 0.219. The van der Waals surface area contributed by atoms with E-state index in [4.69, 9.17) is 30.5 Å². The summed E-state index contributed by atoms with van der Waals surface area (Å²) in [5.41, 5.74) is 2.94. The van der Waals surface area contributed by atoms with Gasteiger partial charge in [-0.2, -0.15) is 0 Å². The van der Waals surface area contributed by atoms with Crippen molar-refractivity contribution >= 4 is 35.0 Å². The zero-order valence-corrected chi connectivity index (χ0v) is 25.1. The number of rotatable bonds is 9. The Kier molecular flexibility index (Phi) is 8.80. The molecule has 0 amide bonds. The molecule has 0 spiro atoms. The predicted molar refractivity (Wildman–Crippen MR) is 162 cm³/mol. The first-order valence-electron chi connectivity index (χ1n) is 13.2. The van der Waals surface area contributed by atoms with Crippen molar-refractivity contribution in [2.24, 2.45) is 4.99 Å². The number of allylic oxidation sites excluding steroid dienone is 1. The molecular weight excluding hydrogens is 576 g/mol. The van der Waals surface area contributed by atoms with Gasteiger partial charge in [0.05, 0.1) is 42.7 Å². The van der Waals surface area contributed by atoms with Crippen molar-refractivity contribution < 1.29 is 23.7 Å². The predicted octanol–water partition coefficient (Wildman–Crippen LogP) is 5.05. The van der Waals surface area contributed by atoms with Crippen LogP contribution in [0.5, 0.6) is 17.2 Å². The zero-order chi connectivity index (χ0) is 29.8. The second-order valence-electron chi connectivity index (χ2n) is 9.40. The number of nitrogens with zero attached hydrogens (tertiary/aromatic N) is 2. The van der Waals surface area contributed by atoms with Gasteiger partial charge in [0, 0.05) is 5.02 Å². The average Bonchev–Trinajstić information content (AvgIpc) is 3.29. The van der Waals surface area contributed by atoms with Crippen molar-refractivity contribution in [1.29, 1.82) is 0 Å². The van der Waals surface area contributed by atoms with E-state index in [0.29, 0.717) is 55.0 Å². The van der Waals surface area contributed by atoms with E-state index in [-0.39, 0.29) is 12.2 Å². The largest absolute Gasteiger partial charge is 0.493 e. The fourth-order valence-corrected chi connectivity index (χ4v) is 5.90. The van der Waals surface area contributed by atoms with Gasteiger partial charge in [0.2, 0.25) is 0 Å². The summed E-state index contributed by atoms with van der Waals surface area (Å²) >= 11 is 7.23. The molecule has 0 saturated carbocycles. The summed E-state index contributed by atoms with van der Waals surface area (Å²) in [4.78, 5) is 32.2. The van der Waals surface area contributed by atoms with Crippen molar-refractivity contribution in [2.75, 3.05) is 20.8 Å². The highest BCUT2D eigenvalue weighted by molar-refractivity contribution is 7.07. The number of methoxy groups -OCH3 is 2. The summed E-state index contributed by atoms with van der Waals surface area (Å²) in [7, 11) is 3.08. The minimum atomic E-state index is -0.767. The molecule has 1 aromatic heterocycles. The lowest BCUT2D eigenvalue weighted by atomic mass is 9.95.